The Morgan fingerprint density at radius 2 is 2.13 bits per heavy atom. The van der Waals surface area contributed by atoms with Gasteiger partial charge in [0.1, 0.15) is 6.10 Å². The third-order valence-corrected chi connectivity index (χ3v) is 3.34. The minimum Gasteiger partial charge on any atom is -0.343 e. The SMILES string of the molecule is c1ccc(COC23CCCCC2O3)cc1. The van der Waals surface area contributed by atoms with Gasteiger partial charge in [0.05, 0.1) is 6.61 Å². The summed E-state index contributed by atoms with van der Waals surface area (Å²) in [7, 11) is 0. The van der Waals surface area contributed by atoms with Crippen molar-refractivity contribution >= 4 is 0 Å². The van der Waals surface area contributed by atoms with Crippen molar-refractivity contribution in [2.45, 2.75) is 44.2 Å². The summed E-state index contributed by atoms with van der Waals surface area (Å²) in [5.74, 6) is -0.200. The molecule has 80 valence electrons. The van der Waals surface area contributed by atoms with Gasteiger partial charge in [0.15, 0.2) is 5.79 Å². The van der Waals surface area contributed by atoms with E-state index in [2.05, 4.69) is 12.1 Å². The fourth-order valence-corrected chi connectivity index (χ4v) is 2.39. The van der Waals surface area contributed by atoms with Crippen LogP contribution in [0.2, 0.25) is 0 Å². The van der Waals surface area contributed by atoms with E-state index in [0.717, 1.165) is 6.42 Å². The van der Waals surface area contributed by atoms with Crippen LogP contribution in [-0.4, -0.2) is 11.9 Å². The van der Waals surface area contributed by atoms with Crippen LogP contribution < -0.4 is 0 Å². The van der Waals surface area contributed by atoms with Crippen LogP contribution in [0.25, 0.3) is 0 Å². The second-order valence-electron chi connectivity index (χ2n) is 4.44. The van der Waals surface area contributed by atoms with Crippen LogP contribution >= 0.6 is 0 Å². The zero-order chi connectivity index (χ0) is 10.1. The van der Waals surface area contributed by atoms with E-state index in [1.165, 1.54) is 24.8 Å². The largest absolute Gasteiger partial charge is 0.343 e. The molecule has 2 heteroatoms. The molecule has 2 atom stereocenters. The Morgan fingerprint density at radius 3 is 2.93 bits per heavy atom. The van der Waals surface area contributed by atoms with Crippen LogP contribution in [0.5, 0.6) is 0 Å². The number of rotatable bonds is 3. The first-order chi connectivity index (χ1) is 7.39. The Morgan fingerprint density at radius 1 is 1.27 bits per heavy atom. The summed E-state index contributed by atoms with van der Waals surface area (Å²) >= 11 is 0. The minimum absolute atomic E-state index is 0.200. The maximum Gasteiger partial charge on any atom is 0.195 e. The van der Waals surface area contributed by atoms with Crippen molar-refractivity contribution in [3.8, 4) is 0 Å². The van der Waals surface area contributed by atoms with Gasteiger partial charge in [0, 0.05) is 6.42 Å². The number of hydrogen-bond acceptors (Lipinski definition) is 2. The number of hydrogen-bond donors (Lipinski definition) is 0. The molecular formula is C13H16O2. The van der Waals surface area contributed by atoms with Crippen molar-refractivity contribution in [2.75, 3.05) is 0 Å². The zero-order valence-electron chi connectivity index (χ0n) is 8.82. The maximum atomic E-state index is 5.91. The van der Waals surface area contributed by atoms with Crippen molar-refractivity contribution < 1.29 is 9.47 Å². The molecule has 0 N–H and O–H groups in total. The highest BCUT2D eigenvalue weighted by molar-refractivity contribution is 5.14. The zero-order valence-corrected chi connectivity index (χ0v) is 8.82. The van der Waals surface area contributed by atoms with Gasteiger partial charge in [0.25, 0.3) is 0 Å². The molecule has 1 heterocycles. The van der Waals surface area contributed by atoms with E-state index in [1.807, 2.05) is 18.2 Å². The molecule has 2 nitrogen and oxygen atoms in total. The van der Waals surface area contributed by atoms with Crippen LogP contribution in [0.15, 0.2) is 30.3 Å². The molecule has 1 saturated carbocycles. The van der Waals surface area contributed by atoms with Gasteiger partial charge in [-0.15, -0.1) is 0 Å². The molecule has 0 aromatic heterocycles. The van der Waals surface area contributed by atoms with Crippen LogP contribution in [0.4, 0.5) is 0 Å². The van der Waals surface area contributed by atoms with E-state index < -0.39 is 0 Å². The molecule has 1 aliphatic carbocycles. The summed E-state index contributed by atoms with van der Waals surface area (Å²) in [6.45, 7) is 0.678. The summed E-state index contributed by atoms with van der Waals surface area (Å²) < 4.78 is 11.6. The van der Waals surface area contributed by atoms with Gasteiger partial charge in [-0.3, -0.25) is 0 Å². The van der Waals surface area contributed by atoms with E-state index >= 15 is 0 Å². The second-order valence-corrected chi connectivity index (χ2v) is 4.44. The lowest BCUT2D eigenvalue weighted by molar-refractivity contribution is -0.0626. The predicted octanol–water partition coefficient (Wildman–Crippen LogP) is 2.87. The molecular weight excluding hydrogens is 188 g/mol. The molecule has 0 radical (unpaired) electrons. The molecule has 1 saturated heterocycles. The topological polar surface area (TPSA) is 21.8 Å². The lowest BCUT2D eigenvalue weighted by atomic mass is 9.98. The van der Waals surface area contributed by atoms with Crippen LogP contribution in [0.1, 0.15) is 31.2 Å². The Kier molecular flexibility index (Phi) is 2.26. The Hall–Kier alpha value is -0.860. The first-order valence-corrected chi connectivity index (χ1v) is 5.75. The van der Waals surface area contributed by atoms with Gasteiger partial charge in [-0.1, -0.05) is 36.8 Å². The monoisotopic (exact) mass is 204 g/mol. The molecule has 0 bridgehead atoms. The van der Waals surface area contributed by atoms with Gasteiger partial charge in [-0.2, -0.15) is 0 Å². The third kappa shape index (κ3) is 1.80. The highest BCUT2D eigenvalue weighted by atomic mass is 16.8. The second kappa shape index (κ2) is 3.62. The molecule has 2 aliphatic rings. The van der Waals surface area contributed by atoms with Crippen molar-refractivity contribution in [2.24, 2.45) is 0 Å². The summed E-state index contributed by atoms with van der Waals surface area (Å²) in [6.07, 6.45) is 5.17. The highest BCUT2D eigenvalue weighted by Crippen LogP contribution is 2.48. The molecule has 1 aliphatic heterocycles. The fraction of sp³-hybridized carbons (Fsp3) is 0.538. The first-order valence-electron chi connectivity index (χ1n) is 5.75. The fourth-order valence-electron chi connectivity index (χ4n) is 2.39. The highest BCUT2D eigenvalue weighted by Gasteiger charge is 2.58. The summed E-state index contributed by atoms with van der Waals surface area (Å²) in [5, 5.41) is 0. The number of fused-ring (bicyclic) bond motifs is 1. The Labute approximate surface area is 90.2 Å². The smallest absolute Gasteiger partial charge is 0.195 e. The summed E-state index contributed by atoms with van der Waals surface area (Å²) in [6, 6.07) is 10.3. The van der Waals surface area contributed by atoms with Gasteiger partial charge in [-0.25, -0.2) is 0 Å². The molecule has 2 unspecified atom stereocenters. The number of epoxide rings is 1. The average molecular weight is 204 g/mol. The van der Waals surface area contributed by atoms with Gasteiger partial charge >= 0.3 is 0 Å². The molecule has 0 amide bonds. The minimum atomic E-state index is -0.200. The molecule has 3 rings (SSSR count). The third-order valence-electron chi connectivity index (χ3n) is 3.34. The van der Waals surface area contributed by atoms with E-state index in [4.69, 9.17) is 9.47 Å². The van der Waals surface area contributed by atoms with E-state index in [9.17, 15) is 0 Å². The molecule has 0 spiro atoms. The molecule has 15 heavy (non-hydrogen) atoms. The lowest BCUT2D eigenvalue weighted by Crippen LogP contribution is -2.22. The first kappa shape index (κ1) is 9.37. The van der Waals surface area contributed by atoms with E-state index in [-0.39, 0.29) is 5.79 Å². The predicted molar refractivity (Wildman–Crippen MR) is 57.3 cm³/mol. The lowest BCUT2D eigenvalue weighted by Gasteiger charge is -2.17. The number of ether oxygens (including phenoxy) is 2. The number of benzene rings is 1. The van der Waals surface area contributed by atoms with Crippen molar-refractivity contribution in [1.82, 2.24) is 0 Å². The normalized spacial score (nSPS) is 33.5. The average Bonchev–Trinajstić information content (AvgIpc) is 3.03. The van der Waals surface area contributed by atoms with Crippen LogP contribution in [0, 0.1) is 0 Å². The van der Waals surface area contributed by atoms with Crippen LogP contribution in [-0.2, 0) is 16.1 Å². The van der Waals surface area contributed by atoms with E-state index in [0.29, 0.717) is 12.7 Å². The molecule has 2 fully saturated rings. The standard InChI is InChI=1S/C13H16O2/c1-2-6-11(7-3-1)10-14-13-9-5-4-8-12(13)15-13/h1-3,6-7,12H,4-5,8-10H2. The van der Waals surface area contributed by atoms with Crippen molar-refractivity contribution in [3.63, 3.8) is 0 Å². The van der Waals surface area contributed by atoms with Crippen LogP contribution in [0.3, 0.4) is 0 Å². The quantitative estimate of drug-likeness (QED) is 0.706. The summed E-state index contributed by atoms with van der Waals surface area (Å²) in [5.41, 5.74) is 1.23. The van der Waals surface area contributed by atoms with Gasteiger partial charge < -0.3 is 9.47 Å². The Balaban J connectivity index is 1.59. The molecule has 1 aromatic rings. The van der Waals surface area contributed by atoms with Crippen molar-refractivity contribution in [3.05, 3.63) is 35.9 Å². The summed E-state index contributed by atoms with van der Waals surface area (Å²) in [4.78, 5) is 0. The van der Waals surface area contributed by atoms with Crippen molar-refractivity contribution in [1.29, 1.82) is 0 Å². The van der Waals surface area contributed by atoms with Gasteiger partial charge in [-0.05, 0) is 18.4 Å². The van der Waals surface area contributed by atoms with E-state index in [1.54, 1.807) is 0 Å². The maximum absolute atomic E-state index is 5.91. The van der Waals surface area contributed by atoms with Gasteiger partial charge in [0.2, 0.25) is 0 Å². The molecule has 1 aromatic carbocycles. The Bertz CT molecular complexity index is 336.